The number of carbonyl (C=O) groups is 3. The van der Waals surface area contributed by atoms with E-state index in [1.807, 2.05) is 21.1 Å². The summed E-state index contributed by atoms with van der Waals surface area (Å²) in [7, 11) is 5.96. The highest BCUT2D eigenvalue weighted by Gasteiger charge is 2.25. The monoisotopic (exact) mass is 851 g/mol. The third-order valence-electron chi connectivity index (χ3n) is 11.0. The van der Waals surface area contributed by atoms with Crippen molar-refractivity contribution < 1.29 is 42.9 Å². The number of aliphatic carboxylic acids is 1. The van der Waals surface area contributed by atoms with Gasteiger partial charge in [0.2, 0.25) is 0 Å². The van der Waals surface area contributed by atoms with Crippen molar-refractivity contribution in [2.24, 2.45) is 0 Å². The van der Waals surface area contributed by atoms with Crippen molar-refractivity contribution in [1.82, 2.24) is 0 Å². The Balaban J connectivity index is 4.36. The van der Waals surface area contributed by atoms with Gasteiger partial charge in [-0.3, -0.25) is 9.59 Å². The van der Waals surface area contributed by atoms with Crippen molar-refractivity contribution in [1.29, 1.82) is 0 Å². The Kier molecular flexibility index (Phi) is 41.8. The minimum Gasteiger partial charge on any atom is -0.477 e. The molecular weight excluding hydrogens is 755 g/mol. The first-order valence-corrected chi connectivity index (χ1v) is 25.0. The number of allylic oxidation sites excluding steroid dienone is 4. The van der Waals surface area contributed by atoms with E-state index in [1.165, 1.54) is 141 Å². The Morgan fingerprint density at radius 1 is 0.500 bits per heavy atom. The average Bonchev–Trinajstić information content (AvgIpc) is 3.21. The standard InChI is InChI=1S/C51H95NO8/c1-6-8-10-12-14-16-18-20-22-24-26-28-30-32-34-36-38-40-42-49(54)60-47(46-59-51(50(55)56)57-44-43-52(3,4)5)45-58-48(53)41-39-37-35-33-31-29-27-25-23-21-19-17-15-13-11-9-7-2/h16,18,22,24,47,51H,6-15,17,19-21,23,25-46H2,1-5H3/p+1/b18-16-,24-22-. The molecule has 0 amide bonds. The number of ether oxygens (including phenoxy) is 4. The molecule has 0 radical (unpaired) electrons. The first-order chi connectivity index (χ1) is 29.1. The molecule has 0 aromatic carbocycles. The number of nitrogens with zero attached hydrogens (tertiary/aromatic N) is 1. The number of hydrogen-bond acceptors (Lipinski definition) is 7. The van der Waals surface area contributed by atoms with E-state index < -0.39 is 24.3 Å². The van der Waals surface area contributed by atoms with E-state index in [4.69, 9.17) is 18.9 Å². The summed E-state index contributed by atoms with van der Waals surface area (Å²) in [6.07, 6.45) is 45.2. The van der Waals surface area contributed by atoms with E-state index in [1.54, 1.807) is 0 Å². The summed E-state index contributed by atoms with van der Waals surface area (Å²) in [5.74, 6) is -2.00. The Hall–Kier alpha value is -2.23. The summed E-state index contributed by atoms with van der Waals surface area (Å²) < 4.78 is 22.8. The van der Waals surface area contributed by atoms with Crippen LogP contribution in [0.5, 0.6) is 0 Å². The Morgan fingerprint density at radius 3 is 1.33 bits per heavy atom. The number of hydrogen-bond donors (Lipinski definition) is 1. The molecule has 0 saturated heterocycles. The fraction of sp³-hybridized carbons (Fsp3) is 0.863. The average molecular weight is 851 g/mol. The molecule has 60 heavy (non-hydrogen) atoms. The molecule has 0 spiro atoms. The summed E-state index contributed by atoms with van der Waals surface area (Å²) in [4.78, 5) is 37.2. The van der Waals surface area contributed by atoms with Crippen LogP contribution < -0.4 is 0 Å². The zero-order valence-corrected chi connectivity index (χ0v) is 39.9. The lowest BCUT2D eigenvalue weighted by atomic mass is 10.0. The third-order valence-corrected chi connectivity index (χ3v) is 11.0. The van der Waals surface area contributed by atoms with Gasteiger partial charge in [0.25, 0.3) is 6.29 Å². The molecule has 0 bridgehead atoms. The fourth-order valence-corrected chi connectivity index (χ4v) is 7.04. The van der Waals surface area contributed by atoms with Crippen LogP contribution in [0.1, 0.15) is 226 Å². The summed E-state index contributed by atoms with van der Waals surface area (Å²) in [6, 6.07) is 0. The second-order valence-electron chi connectivity index (χ2n) is 18.1. The molecule has 2 atom stereocenters. The molecule has 9 nitrogen and oxygen atoms in total. The minimum absolute atomic E-state index is 0.181. The predicted octanol–water partition coefficient (Wildman–Crippen LogP) is 13.6. The molecule has 0 aliphatic rings. The van der Waals surface area contributed by atoms with Gasteiger partial charge in [0.15, 0.2) is 6.10 Å². The molecule has 0 rings (SSSR count). The minimum atomic E-state index is -1.51. The van der Waals surface area contributed by atoms with Crippen LogP contribution in [0.25, 0.3) is 0 Å². The molecule has 0 aromatic heterocycles. The third kappa shape index (κ3) is 43.8. The Morgan fingerprint density at radius 2 is 0.900 bits per heavy atom. The van der Waals surface area contributed by atoms with E-state index in [-0.39, 0.29) is 32.2 Å². The van der Waals surface area contributed by atoms with Gasteiger partial charge in [-0.05, 0) is 44.9 Å². The maximum atomic E-state index is 12.8. The van der Waals surface area contributed by atoms with Crippen LogP contribution in [0.3, 0.4) is 0 Å². The first-order valence-electron chi connectivity index (χ1n) is 25.0. The molecule has 0 saturated carbocycles. The quantitative estimate of drug-likeness (QED) is 0.0212. The number of quaternary nitrogens is 1. The highest BCUT2D eigenvalue weighted by Crippen LogP contribution is 2.16. The van der Waals surface area contributed by atoms with Gasteiger partial charge in [-0.2, -0.15) is 0 Å². The maximum absolute atomic E-state index is 12.8. The number of esters is 2. The van der Waals surface area contributed by atoms with Crippen molar-refractivity contribution in [2.45, 2.75) is 238 Å². The number of rotatable bonds is 46. The smallest absolute Gasteiger partial charge is 0.361 e. The topological polar surface area (TPSA) is 108 Å². The van der Waals surface area contributed by atoms with E-state index in [2.05, 4.69) is 38.2 Å². The van der Waals surface area contributed by atoms with Gasteiger partial charge < -0.3 is 28.5 Å². The predicted molar refractivity (Wildman–Crippen MR) is 249 cm³/mol. The molecule has 352 valence electrons. The number of carbonyl (C=O) groups excluding carboxylic acids is 2. The van der Waals surface area contributed by atoms with E-state index >= 15 is 0 Å². The van der Waals surface area contributed by atoms with E-state index in [0.29, 0.717) is 23.9 Å². The number of unbranched alkanes of at least 4 members (excludes halogenated alkanes) is 27. The van der Waals surface area contributed by atoms with Gasteiger partial charge in [0.1, 0.15) is 13.2 Å². The van der Waals surface area contributed by atoms with Crippen molar-refractivity contribution in [2.75, 3.05) is 47.5 Å². The van der Waals surface area contributed by atoms with Crippen molar-refractivity contribution in [3.63, 3.8) is 0 Å². The Labute approximate surface area is 369 Å². The van der Waals surface area contributed by atoms with Crippen molar-refractivity contribution >= 4 is 17.9 Å². The summed E-state index contributed by atoms with van der Waals surface area (Å²) in [5, 5.41) is 9.66. The molecule has 0 aliphatic carbocycles. The first kappa shape index (κ1) is 57.8. The highest BCUT2D eigenvalue weighted by atomic mass is 16.7. The maximum Gasteiger partial charge on any atom is 0.361 e. The molecule has 1 N–H and O–H groups in total. The second-order valence-corrected chi connectivity index (χ2v) is 18.1. The van der Waals surface area contributed by atoms with Crippen LogP contribution in [-0.4, -0.2) is 87.4 Å². The van der Waals surface area contributed by atoms with E-state index in [0.717, 1.165) is 51.4 Å². The van der Waals surface area contributed by atoms with Gasteiger partial charge in [0, 0.05) is 12.8 Å². The lowest BCUT2D eigenvalue weighted by Crippen LogP contribution is -2.40. The Bertz CT molecular complexity index is 1040. The zero-order valence-electron chi connectivity index (χ0n) is 39.9. The molecule has 0 fully saturated rings. The van der Waals surface area contributed by atoms with Crippen LogP contribution >= 0.6 is 0 Å². The molecule has 0 aromatic rings. The van der Waals surface area contributed by atoms with Crippen LogP contribution in [0.4, 0.5) is 0 Å². The van der Waals surface area contributed by atoms with Gasteiger partial charge in [0.05, 0.1) is 34.4 Å². The van der Waals surface area contributed by atoms with Crippen LogP contribution in [0.2, 0.25) is 0 Å². The molecule has 9 heteroatoms. The SMILES string of the molecule is CCCCCC/C=C\C/C=C\CCCCCCCCCC(=O)OC(COC(=O)CCCCCCCCCCCCCCCCCCC)COC(OCC[N+](C)(C)C)C(=O)O. The lowest BCUT2D eigenvalue weighted by Gasteiger charge is -2.25. The summed E-state index contributed by atoms with van der Waals surface area (Å²) in [5.41, 5.74) is 0. The van der Waals surface area contributed by atoms with Gasteiger partial charge in [-0.15, -0.1) is 0 Å². The summed E-state index contributed by atoms with van der Waals surface area (Å²) in [6.45, 7) is 4.87. The second kappa shape index (κ2) is 43.4. The number of likely N-dealkylation sites (N-methyl/N-ethyl adjacent to an activating group) is 1. The molecule has 2 unspecified atom stereocenters. The van der Waals surface area contributed by atoms with Crippen molar-refractivity contribution in [3.05, 3.63) is 24.3 Å². The van der Waals surface area contributed by atoms with Crippen LogP contribution in [-0.2, 0) is 33.3 Å². The summed E-state index contributed by atoms with van der Waals surface area (Å²) >= 11 is 0. The highest BCUT2D eigenvalue weighted by molar-refractivity contribution is 5.71. The lowest BCUT2D eigenvalue weighted by molar-refractivity contribution is -0.870. The number of carboxylic acid groups (broad SMARTS) is 1. The van der Waals surface area contributed by atoms with Gasteiger partial charge >= 0.3 is 17.9 Å². The van der Waals surface area contributed by atoms with Crippen LogP contribution in [0, 0.1) is 0 Å². The van der Waals surface area contributed by atoms with Crippen molar-refractivity contribution in [3.8, 4) is 0 Å². The number of carboxylic acids is 1. The molecule has 0 heterocycles. The fourth-order valence-electron chi connectivity index (χ4n) is 7.04. The molecule has 0 aliphatic heterocycles. The zero-order chi connectivity index (χ0) is 44.2. The van der Waals surface area contributed by atoms with Gasteiger partial charge in [-0.1, -0.05) is 192 Å². The van der Waals surface area contributed by atoms with Crippen LogP contribution in [0.15, 0.2) is 24.3 Å². The largest absolute Gasteiger partial charge is 0.477 e. The normalized spacial score (nSPS) is 13.0. The van der Waals surface area contributed by atoms with Gasteiger partial charge in [-0.25, -0.2) is 4.79 Å². The molecular formula is C51H96NO8+. The van der Waals surface area contributed by atoms with E-state index in [9.17, 15) is 19.5 Å².